The first-order valence-corrected chi connectivity index (χ1v) is 11.4. The summed E-state index contributed by atoms with van der Waals surface area (Å²) in [6, 6.07) is 10.1. The lowest BCUT2D eigenvalue weighted by atomic mass is 9.83. The highest BCUT2D eigenvalue weighted by molar-refractivity contribution is 5.78. The number of nitrogens with zero attached hydrogens (tertiary/aromatic N) is 3. The van der Waals surface area contributed by atoms with E-state index in [9.17, 15) is 4.79 Å². The van der Waals surface area contributed by atoms with Crippen molar-refractivity contribution in [1.82, 2.24) is 20.2 Å². The van der Waals surface area contributed by atoms with Crippen molar-refractivity contribution in [3.05, 3.63) is 47.8 Å². The molecule has 3 aliphatic heterocycles. The largest absolute Gasteiger partial charge is 0.376 e. The van der Waals surface area contributed by atoms with Crippen LogP contribution in [-0.4, -0.2) is 66.3 Å². The number of hydrogen-bond donors (Lipinski definition) is 1. The normalized spacial score (nSPS) is 22.9. The third kappa shape index (κ3) is 4.49. The summed E-state index contributed by atoms with van der Waals surface area (Å²) in [7, 11) is 0. The number of fused-ring (bicyclic) bond motifs is 2. The molecule has 0 aliphatic carbocycles. The van der Waals surface area contributed by atoms with E-state index in [0.717, 1.165) is 68.9 Å². The van der Waals surface area contributed by atoms with E-state index in [1.165, 1.54) is 5.56 Å². The molecule has 1 amide bonds. The minimum atomic E-state index is -0.370. The number of aromatic nitrogens is 2. The van der Waals surface area contributed by atoms with Gasteiger partial charge in [-0.2, -0.15) is 0 Å². The molecule has 2 fully saturated rings. The van der Waals surface area contributed by atoms with E-state index in [4.69, 9.17) is 14.5 Å². The molecule has 1 N–H and O–H groups in total. The maximum atomic E-state index is 12.4. The molecule has 7 heteroatoms. The number of ether oxygens (including phenoxy) is 2. The van der Waals surface area contributed by atoms with Gasteiger partial charge < -0.3 is 14.8 Å². The summed E-state index contributed by atoms with van der Waals surface area (Å²) in [5.74, 6) is 0.824. The molecule has 164 valence electrons. The Morgan fingerprint density at radius 1 is 1.19 bits per heavy atom. The molecule has 0 radical (unpaired) electrons. The van der Waals surface area contributed by atoms with E-state index in [2.05, 4.69) is 15.2 Å². The second-order valence-electron chi connectivity index (χ2n) is 8.74. The van der Waals surface area contributed by atoms with Gasteiger partial charge in [-0.1, -0.05) is 30.3 Å². The number of rotatable bonds is 5. The molecule has 0 saturated carbocycles. The third-order valence-electron chi connectivity index (χ3n) is 6.66. The number of benzene rings is 1. The lowest BCUT2D eigenvalue weighted by Gasteiger charge is -2.44. The number of amides is 1. The Labute approximate surface area is 183 Å². The predicted molar refractivity (Wildman–Crippen MR) is 116 cm³/mol. The first-order valence-electron chi connectivity index (χ1n) is 11.4. The SMILES string of the molecule is O=C(CN1CCC2(CC1)OCCc1cnc(-c3ccccc3)nc12)NCC1CCCO1. The van der Waals surface area contributed by atoms with E-state index in [-0.39, 0.29) is 17.6 Å². The van der Waals surface area contributed by atoms with Crippen molar-refractivity contribution in [2.75, 3.05) is 39.4 Å². The second kappa shape index (κ2) is 9.02. The van der Waals surface area contributed by atoms with Gasteiger partial charge in [0.25, 0.3) is 0 Å². The monoisotopic (exact) mass is 422 g/mol. The van der Waals surface area contributed by atoms with Crippen molar-refractivity contribution in [2.24, 2.45) is 0 Å². The smallest absolute Gasteiger partial charge is 0.234 e. The van der Waals surface area contributed by atoms with Crippen molar-refractivity contribution >= 4 is 5.91 Å². The highest BCUT2D eigenvalue weighted by atomic mass is 16.5. The summed E-state index contributed by atoms with van der Waals surface area (Å²) in [4.78, 5) is 24.2. The molecule has 4 heterocycles. The summed E-state index contributed by atoms with van der Waals surface area (Å²) in [5, 5.41) is 3.03. The number of nitrogens with one attached hydrogen (secondary N) is 1. The van der Waals surface area contributed by atoms with E-state index in [1.54, 1.807) is 0 Å². The molecule has 1 spiro atoms. The molecule has 1 aromatic heterocycles. The van der Waals surface area contributed by atoms with Crippen molar-refractivity contribution in [3.8, 4) is 11.4 Å². The Hall–Kier alpha value is -2.35. The van der Waals surface area contributed by atoms with E-state index in [1.807, 2.05) is 36.5 Å². The Morgan fingerprint density at radius 3 is 2.81 bits per heavy atom. The fourth-order valence-electron chi connectivity index (χ4n) is 4.88. The Morgan fingerprint density at radius 2 is 2.03 bits per heavy atom. The van der Waals surface area contributed by atoms with Crippen LogP contribution in [0, 0.1) is 0 Å². The van der Waals surface area contributed by atoms with Gasteiger partial charge in [-0.05, 0) is 37.7 Å². The van der Waals surface area contributed by atoms with E-state index < -0.39 is 0 Å². The van der Waals surface area contributed by atoms with Crippen LogP contribution < -0.4 is 5.32 Å². The maximum Gasteiger partial charge on any atom is 0.234 e. The van der Waals surface area contributed by atoms with Crippen LogP contribution in [0.15, 0.2) is 36.5 Å². The van der Waals surface area contributed by atoms with Crippen LogP contribution in [0.1, 0.15) is 36.9 Å². The molecule has 3 aliphatic rings. The zero-order chi connectivity index (χ0) is 21.1. The summed E-state index contributed by atoms with van der Waals surface area (Å²) >= 11 is 0. The topological polar surface area (TPSA) is 76.6 Å². The first-order chi connectivity index (χ1) is 15.2. The van der Waals surface area contributed by atoms with Crippen LogP contribution in [0.25, 0.3) is 11.4 Å². The summed E-state index contributed by atoms with van der Waals surface area (Å²) in [6.45, 7) is 4.19. The lowest BCUT2D eigenvalue weighted by molar-refractivity contribution is -0.127. The van der Waals surface area contributed by atoms with Crippen LogP contribution in [-0.2, 0) is 26.3 Å². The van der Waals surface area contributed by atoms with Crippen LogP contribution >= 0.6 is 0 Å². The van der Waals surface area contributed by atoms with E-state index >= 15 is 0 Å². The van der Waals surface area contributed by atoms with Gasteiger partial charge >= 0.3 is 0 Å². The van der Waals surface area contributed by atoms with Crippen molar-refractivity contribution in [3.63, 3.8) is 0 Å². The Kier molecular flexibility index (Phi) is 5.98. The molecule has 5 rings (SSSR count). The zero-order valence-corrected chi connectivity index (χ0v) is 17.9. The van der Waals surface area contributed by atoms with Gasteiger partial charge in [0.2, 0.25) is 5.91 Å². The molecule has 2 saturated heterocycles. The molecule has 1 aromatic carbocycles. The molecular weight excluding hydrogens is 392 g/mol. The van der Waals surface area contributed by atoms with Gasteiger partial charge in [-0.25, -0.2) is 9.97 Å². The van der Waals surface area contributed by atoms with Crippen LogP contribution in [0.4, 0.5) is 0 Å². The second-order valence-corrected chi connectivity index (χ2v) is 8.74. The van der Waals surface area contributed by atoms with Crippen LogP contribution in [0.5, 0.6) is 0 Å². The first kappa shape index (κ1) is 20.5. The summed E-state index contributed by atoms with van der Waals surface area (Å²) in [5.41, 5.74) is 2.88. The fraction of sp³-hybridized carbons (Fsp3) is 0.542. The Bertz CT molecular complexity index is 906. The molecule has 7 nitrogen and oxygen atoms in total. The average Bonchev–Trinajstić information content (AvgIpc) is 3.34. The molecule has 1 atom stereocenters. The van der Waals surface area contributed by atoms with Gasteiger partial charge in [0, 0.05) is 38.0 Å². The quantitative estimate of drug-likeness (QED) is 0.797. The Balaban J connectivity index is 1.24. The van der Waals surface area contributed by atoms with E-state index in [0.29, 0.717) is 19.7 Å². The minimum absolute atomic E-state index is 0.0742. The molecular formula is C24H30N4O3. The molecule has 0 bridgehead atoms. The highest BCUT2D eigenvalue weighted by Crippen LogP contribution is 2.40. The van der Waals surface area contributed by atoms with Gasteiger partial charge in [0.15, 0.2) is 5.82 Å². The number of hydrogen-bond acceptors (Lipinski definition) is 6. The fourth-order valence-corrected chi connectivity index (χ4v) is 4.88. The number of piperidine rings is 1. The minimum Gasteiger partial charge on any atom is -0.376 e. The third-order valence-corrected chi connectivity index (χ3v) is 6.66. The predicted octanol–water partition coefficient (Wildman–Crippen LogP) is 2.30. The standard InChI is InChI=1S/C24H30N4O3/c29-21(25-16-20-7-4-13-30-20)17-28-11-9-24(10-12-28)22-19(8-14-31-24)15-26-23(27-22)18-5-2-1-3-6-18/h1-3,5-6,15,20H,4,7-14,16-17H2,(H,25,29). The van der Waals surface area contributed by atoms with Crippen molar-refractivity contribution in [1.29, 1.82) is 0 Å². The van der Waals surface area contributed by atoms with Gasteiger partial charge in [-0.3, -0.25) is 9.69 Å². The van der Waals surface area contributed by atoms with Crippen molar-refractivity contribution in [2.45, 2.75) is 43.8 Å². The molecule has 2 aromatic rings. The number of carbonyl (C=O) groups is 1. The van der Waals surface area contributed by atoms with Gasteiger partial charge in [-0.15, -0.1) is 0 Å². The number of likely N-dealkylation sites (tertiary alicyclic amines) is 1. The van der Waals surface area contributed by atoms with Gasteiger partial charge in [0.1, 0.15) is 5.60 Å². The molecule has 31 heavy (non-hydrogen) atoms. The van der Waals surface area contributed by atoms with Crippen molar-refractivity contribution < 1.29 is 14.3 Å². The van der Waals surface area contributed by atoms with Gasteiger partial charge in [0.05, 0.1) is 24.9 Å². The molecule has 1 unspecified atom stereocenters. The van der Waals surface area contributed by atoms with Crippen LogP contribution in [0.3, 0.4) is 0 Å². The highest BCUT2D eigenvalue weighted by Gasteiger charge is 2.42. The lowest BCUT2D eigenvalue weighted by Crippen LogP contribution is -2.49. The summed E-state index contributed by atoms with van der Waals surface area (Å²) in [6.07, 6.45) is 6.80. The average molecular weight is 423 g/mol. The summed E-state index contributed by atoms with van der Waals surface area (Å²) < 4.78 is 11.9. The van der Waals surface area contributed by atoms with Crippen LogP contribution in [0.2, 0.25) is 0 Å². The number of carbonyl (C=O) groups excluding carboxylic acids is 1. The maximum absolute atomic E-state index is 12.4. The zero-order valence-electron chi connectivity index (χ0n) is 17.9.